The molecule has 0 aromatic carbocycles. The molecule has 0 saturated heterocycles. The van der Waals surface area contributed by atoms with Crippen molar-refractivity contribution < 1.29 is 9.21 Å². The molecule has 0 aliphatic rings. The molecule has 0 spiro atoms. The summed E-state index contributed by atoms with van der Waals surface area (Å²) in [6.45, 7) is 0.508. The summed E-state index contributed by atoms with van der Waals surface area (Å²) in [5.74, 6) is -0.0520. The van der Waals surface area contributed by atoms with E-state index in [0.29, 0.717) is 13.0 Å². The average molecular weight is 254 g/mol. The molecule has 5 nitrogen and oxygen atoms in total. The molecule has 1 amide bonds. The van der Waals surface area contributed by atoms with Gasteiger partial charge in [-0.2, -0.15) is 5.10 Å². The zero-order valence-electron chi connectivity index (χ0n) is 9.31. The molecule has 90 valence electrons. The van der Waals surface area contributed by atoms with E-state index < -0.39 is 0 Å². The molecule has 0 bridgehead atoms. The third kappa shape index (κ3) is 3.10. The van der Waals surface area contributed by atoms with Gasteiger partial charge in [0.05, 0.1) is 5.69 Å². The van der Waals surface area contributed by atoms with Gasteiger partial charge in [0.15, 0.2) is 11.0 Å². The number of halogens is 1. The van der Waals surface area contributed by atoms with Crippen molar-refractivity contribution in [2.75, 3.05) is 6.54 Å². The van der Waals surface area contributed by atoms with Gasteiger partial charge in [-0.1, -0.05) is 0 Å². The number of carbonyl (C=O) groups is 1. The predicted octanol–water partition coefficient (Wildman–Crippen LogP) is 1.64. The van der Waals surface area contributed by atoms with Crippen LogP contribution in [0.1, 0.15) is 16.2 Å². The normalized spacial score (nSPS) is 10.5. The molecular weight excluding hydrogens is 242 g/mol. The molecule has 2 rings (SSSR count). The maximum atomic E-state index is 11.6. The first-order chi connectivity index (χ1) is 8.15. The Labute approximate surface area is 103 Å². The van der Waals surface area contributed by atoms with Crippen LogP contribution in [0.15, 0.2) is 28.8 Å². The van der Waals surface area contributed by atoms with Crippen molar-refractivity contribution in [1.82, 2.24) is 15.1 Å². The summed E-state index contributed by atoms with van der Waals surface area (Å²) in [6, 6.07) is 4.99. The average Bonchev–Trinajstić information content (AvgIpc) is 2.88. The van der Waals surface area contributed by atoms with Crippen LogP contribution in [0.5, 0.6) is 0 Å². The van der Waals surface area contributed by atoms with Crippen LogP contribution < -0.4 is 5.32 Å². The van der Waals surface area contributed by atoms with Crippen LogP contribution >= 0.6 is 11.6 Å². The number of amides is 1. The monoisotopic (exact) mass is 253 g/mol. The van der Waals surface area contributed by atoms with Crippen LogP contribution in [0.2, 0.25) is 5.22 Å². The Kier molecular flexibility index (Phi) is 3.49. The number of nitrogens with zero attached hydrogens (tertiary/aromatic N) is 2. The third-order valence-electron chi connectivity index (χ3n) is 2.23. The largest absolute Gasteiger partial charge is 0.440 e. The quantitative estimate of drug-likeness (QED) is 0.901. The van der Waals surface area contributed by atoms with Gasteiger partial charge in [-0.05, 0) is 29.8 Å². The Morgan fingerprint density at radius 2 is 2.35 bits per heavy atom. The summed E-state index contributed by atoms with van der Waals surface area (Å²) in [5, 5.41) is 7.14. The number of hydrogen-bond donors (Lipinski definition) is 1. The van der Waals surface area contributed by atoms with Crippen molar-refractivity contribution in [1.29, 1.82) is 0 Å². The van der Waals surface area contributed by atoms with Crippen molar-refractivity contribution in [2.24, 2.45) is 7.05 Å². The van der Waals surface area contributed by atoms with Crippen LogP contribution in [0.3, 0.4) is 0 Å². The molecule has 0 aliphatic heterocycles. The number of furan rings is 1. The second kappa shape index (κ2) is 5.05. The van der Waals surface area contributed by atoms with Gasteiger partial charge in [-0.15, -0.1) is 0 Å². The minimum absolute atomic E-state index is 0.208. The molecule has 0 fully saturated rings. The number of hydrogen-bond acceptors (Lipinski definition) is 3. The van der Waals surface area contributed by atoms with Gasteiger partial charge in [-0.3, -0.25) is 9.48 Å². The highest BCUT2D eigenvalue weighted by Gasteiger charge is 2.09. The molecule has 2 aromatic rings. The maximum absolute atomic E-state index is 11.6. The fraction of sp³-hybridized carbons (Fsp3) is 0.273. The zero-order chi connectivity index (χ0) is 12.3. The van der Waals surface area contributed by atoms with Crippen molar-refractivity contribution in [3.63, 3.8) is 0 Å². The SMILES string of the molecule is Cn1ccc(CCNC(=O)c2ccc(Cl)o2)n1. The Morgan fingerprint density at radius 1 is 1.53 bits per heavy atom. The molecule has 1 N–H and O–H groups in total. The molecule has 0 atom stereocenters. The summed E-state index contributed by atoms with van der Waals surface area (Å²) < 4.78 is 6.71. The lowest BCUT2D eigenvalue weighted by molar-refractivity contribution is 0.0926. The summed E-state index contributed by atoms with van der Waals surface area (Å²) in [7, 11) is 1.85. The minimum atomic E-state index is -0.271. The van der Waals surface area contributed by atoms with Crippen molar-refractivity contribution >= 4 is 17.5 Å². The molecule has 2 heterocycles. The second-order valence-corrected chi connectivity index (χ2v) is 3.96. The zero-order valence-corrected chi connectivity index (χ0v) is 10.1. The van der Waals surface area contributed by atoms with Gasteiger partial charge in [0.25, 0.3) is 5.91 Å². The van der Waals surface area contributed by atoms with Crippen LogP contribution in [0, 0.1) is 0 Å². The third-order valence-corrected chi connectivity index (χ3v) is 2.44. The molecule has 0 saturated carbocycles. The summed E-state index contributed by atoms with van der Waals surface area (Å²) in [6.07, 6.45) is 2.55. The molecule has 17 heavy (non-hydrogen) atoms. The molecule has 0 aliphatic carbocycles. The highest BCUT2D eigenvalue weighted by molar-refractivity contribution is 6.29. The van der Waals surface area contributed by atoms with E-state index in [-0.39, 0.29) is 16.9 Å². The van der Waals surface area contributed by atoms with E-state index in [1.54, 1.807) is 10.7 Å². The van der Waals surface area contributed by atoms with Gasteiger partial charge >= 0.3 is 0 Å². The van der Waals surface area contributed by atoms with Gasteiger partial charge in [0, 0.05) is 26.2 Å². The highest BCUT2D eigenvalue weighted by Crippen LogP contribution is 2.12. The maximum Gasteiger partial charge on any atom is 0.287 e. The van der Waals surface area contributed by atoms with Crippen LogP contribution in [-0.4, -0.2) is 22.2 Å². The fourth-order valence-corrected chi connectivity index (χ4v) is 1.57. The van der Waals surface area contributed by atoms with E-state index in [9.17, 15) is 4.79 Å². The van der Waals surface area contributed by atoms with E-state index in [1.807, 2.05) is 19.3 Å². The smallest absolute Gasteiger partial charge is 0.287 e. The molecular formula is C11H12ClN3O2. The molecule has 6 heteroatoms. The topological polar surface area (TPSA) is 60.1 Å². The Bertz CT molecular complexity index is 518. The van der Waals surface area contributed by atoms with Gasteiger partial charge in [0.2, 0.25) is 0 Å². The first kappa shape index (κ1) is 11.7. The summed E-state index contributed by atoms with van der Waals surface area (Å²) >= 11 is 5.58. The summed E-state index contributed by atoms with van der Waals surface area (Å²) in [4.78, 5) is 11.6. The van der Waals surface area contributed by atoms with Crippen molar-refractivity contribution in [3.05, 3.63) is 41.1 Å². The van der Waals surface area contributed by atoms with E-state index in [4.69, 9.17) is 16.0 Å². The second-order valence-electron chi connectivity index (χ2n) is 3.59. The lowest BCUT2D eigenvalue weighted by Crippen LogP contribution is -2.25. The van der Waals surface area contributed by atoms with E-state index >= 15 is 0 Å². The number of nitrogens with one attached hydrogen (secondary N) is 1. The van der Waals surface area contributed by atoms with E-state index in [1.165, 1.54) is 6.07 Å². The first-order valence-corrected chi connectivity index (χ1v) is 5.55. The Balaban J connectivity index is 1.81. The van der Waals surface area contributed by atoms with Crippen LogP contribution in [0.25, 0.3) is 0 Å². The lowest BCUT2D eigenvalue weighted by Gasteiger charge is -2.00. The Hall–Kier alpha value is -1.75. The minimum Gasteiger partial charge on any atom is -0.440 e. The van der Waals surface area contributed by atoms with Crippen LogP contribution in [-0.2, 0) is 13.5 Å². The summed E-state index contributed by atoms with van der Waals surface area (Å²) in [5.41, 5.74) is 0.935. The predicted molar refractivity (Wildman–Crippen MR) is 63.0 cm³/mol. The number of aromatic nitrogens is 2. The Morgan fingerprint density at radius 3 is 2.94 bits per heavy atom. The lowest BCUT2D eigenvalue weighted by atomic mass is 10.3. The van der Waals surface area contributed by atoms with Crippen molar-refractivity contribution in [3.8, 4) is 0 Å². The number of rotatable bonds is 4. The first-order valence-electron chi connectivity index (χ1n) is 5.17. The number of carbonyl (C=O) groups excluding carboxylic acids is 1. The molecule has 0 radical (unpaired) electrons. The molecule has 2 aromatic heterocycles. The van der Waals surface area contributed by atoms with E-state index in [0.717, 1.165) is 5.69 Å². The number of aryl methyl sites for hydroxylation is 1. The van der Waals surface area contributed by atoms with Gasteiger partial charge < -0.3 is 9.73 Å². The standard InChI is InChI=1S/C11H12ClN3O2/c1-15-7-5-8(14-15)4-6-13-11(16)9-2-3-10(12)17-9/h2-3,5,7H,4,6H2,1H3,(H,13,16). The molecule has 0 unspecified atom stereocenters. The van der Waals surface area contributed by atoms with Crippen LogP contribution in [0.4, 0.5) is 0 Å². The van der Waals surface area contributed by atoms with Gasteiger partial charge in [0.1, 0.15) is 0 Å². The fourth-order valence-electron chi connectivity index (χ4n) is 1.42. The van der Waals surface area contributed by atoms with Crippen molar-refractivity contribution in [2.45, 2.75) is 6.42 Å². The van der Waals surface area contributed by atoms with E-state index in [2.05, 4.69) is 10.4 Å². The highest BCUT2D eigenvalue weighted by atomic mass is 35.5. The van der Waals surface area contributed by atoms with Gasteiger partial charge in [-0.25, -0.2) is 0 Å².